The van der Waals surface area contributed by atoms with E-state index in [2.05, 4.69) is 16.0 Å². The highest BCUT2D eigenvalue weighted by Gasteiger charge is 2.28. The Bertz CT molecular complexity index is 540. The van der Waals surface area contributed by atoms with E-state index in [-0.39, 0.29) is 23.7 Å². The number of carbonyl (C=O) groups is 2. The second-order valence-corrected chi connectivity index (χ2v) is 6.50. The third-order valence-electron chi connectivity index (χ3n) is 4.59. The second-order valence-electron chi connectivity index (χ2n) is 6.50. The number of amides is 2. The van der Waals surface area contributed by atoms with Gasteiger partial charge < -0.3 is 14.8 Å². The van der Waals surface area contributed by atoms with Crippen LogP contribution in [0, 0.1) is 18.8 Å². The highest BCUT2D eigenvalue weighted by Crippen LogP contribution is 2.19. The standard InChI is InChI=1S/C17H27N3O2/c1-12(2)17(22)20-9-7-14(8-10-20)16(21)18-11-15-6-5-13(3)19(15)4/h5-6,12,14H,7-11H2,1-4H3,(H,18,21). The van der Waals surface area contributed by atoms with Gasteiger partial charge in [-0.15, -0.1) is 0 Å². The van der Waals surface area contributed by atoms with Crippen molar-refractivity contribution >= 4 is 11.8 Å². The molecule has 0 aliphatic carbocycles. The van der Waals surface area contributed by atoms with Crippen molar-refractivity contribution in [2.75, 3.05) is 13.1 Å². The molecule has 1 aliphatic heterocycles. The molecule has 1 N–H and O–H groups in total. The maximum Gasteiger partial charge on any atom is 0.225 e. The summed E-state index contributed by atoms with van der Waals surface area (Å²) in [5.74, 6) is 0.358. The number of aryl methyl sites for hydroxylation is 1. The maximum atomic E-state index is 12.3. The summed E-state index contributed by atoms with van der Waals surface area (Å²) >= 11 is 0. The summed E-state index contributed by atoms with van der Waals surface area (Å²) in [5.41, 5.74) is 2.29. The summed E-state index contributed by atoms with van der Waals surface area (Å²) in [6, 6.07) is 4.09. The van der Waals surface area contributed by atoms with Gasteiger partial charge in [-0.05, 0) is 31.9 Å². The molecule has 5 heteroatoms. The zero-order chi connectivity index (χ0) is 16.3. The number of nitrogens with zero attached hydrogens (tertiary/aromatic N) is 2. The van der Waals surface area contributed by atoms with E-state index in [9.17, 15) is 9.59 Å². The van der Waals surface area contributed by atoms with Crippen molar-refractivity contribution < 1.29 is 9.59 Å². The number of hydrogen-bond acceptors (Lipinski definition) is 2. The first kappa shape index (κ1) is 16.6. The fourth-order valence-electron chi connectivity index (χ4n) is 2.89. The molecule has 2 amide bonds. The number of rotatable bonds is 4. The lowest BCUT2D eigenvalue weighted by atomic mass is 9.95. The molecule has 1 aromatic rings. The number of piperidine rings is 1. The molecule has 1 aliphatic rings. The van der Waals surface area contributed by atoms with E-state index < -0.39 is 0 Å². The molecule has 2 rings (SSSR count). The molecule has 0 bridgehead atoms. The molecular weight excluding hydrogens is 278 g/mol. The van der Waals surface area contributed by atoms with E-state index >= 15 is 0 Å². The van der Waals surface area contributed by atoms with Crippen LogP contribution in [0.1, 0.15) is 38.1 Å². The Kier molecular flexibility index (Phi) is 5.27. The fraction of sp³-hybridized carbons (Fsp3) is 0.647. The minimum Gasteiger partial charge on any atom is -0.350 e. The highest BCUT2D eigenvalue weighted by molar-refractivity contribution is 5.80. The van der Waals surface area contributed by atoms with Crippen LogP contribution < -0.4 is 5.32 Å². The van der Waals surface area contributed by atoms with Gasteiger partial charge in [0.25, 0.3) is 0 Å². The van der Waals surface area contributed by atoms with Gasteiger partial charge in [0.15, 0.2) is 0 Å². The smallest absolute Gasteiger partial charge is 0.225 e. The molecule has 1 fully saturated rings. The van der Waals surface area contributed by atoms with E-state index in [1.54, 1.807) is 0 Å². The molecule has 122 valence electrons. The Morgan fingerprint density at radius 3 is 2.41 bits per heavy atom. The lowest BCUT2D eigenvalue weighted by Gasteiger charge is -2.32. The molecule has 1 saturated heterocycles. The first-order valence-electron chi connectivity index (χ1n) is 8.08. The molecule has 1 aromatic heterocycles. The summed E-state index contributed by atoms with van der Waals surface area (Å²) in [6.45, 7) is 7.84. The lowest BCUT2D eigenvalue weighted by Crippen LogP contribution is -2.44. The van der Waals surface area contributed by atoms with Crippen LogP contribution in [0.3, 0.4) is 0 Å². The van der Waals surface area contributed by atoms with Gasteiger partial charge in [-0.3, -0.25) is 9.59 Å². The Morgan fingerprint density at radius 2 is 1.91 bits per heavy atom. The summed E-state index contributed by atoms with van der Waals surface area (Å²) in [6.07, 6.45) is 1.52. The number of carbonyl (C=O) groups excluding carboxylic acids is 2. The van der Waals surface area contributed by atoms with E-state index in [1.165, 1.54) is 5.69 Å². The topological polar surface area (TPSA) is 54.3 Å². The predicted molar refractivity (Wildman–Crippen MR) is 86.1 cm³/mol. The monoisotopic (exact) mass is 305 g/mol. The minimum absolute atomic E-state index is 0.0255. The van der Waals surface area contributed by atoms with Gasteiger partial charge >= 0.3 is 0 Å². The van der Waals surface area contributed by atoms with Gasteiger partial charge in [-0.1, -0.05) is 13.8 Å². The zero-order valence-electron chi connectivity index (χ0n) is 14.1. The quantitative estimate of drug-likeness (QED) is 0.923. The Labute approximate surface area is 132 Å². The molecule has 5 nitrogen and oxygen atoms in total. The molecule has 0 atom stereocenters. The second kappa shape index (κ2) is 6.99. The van der Waals surface area contributed by atoms with Crippen molar-refractivity contribution in [1.29, 1.82) is 0 Å². The van der Waals surface area contributed by atoms with Crippen LogP contribution in [0.2, 0.25) is 0 Å². The number of hydrogen-bond donors (Lipinski definition) is 1. The van der Waals surface area contributed by atoms with Crippen LogP contribution in [-0.4, -0.2) is 34.4 Å². The van der Waals surface area contributed by atoms with Crippen molar-refractivity contribution in [3.8, 4) is 0 Å². The molecule has 0 unspecified atom stereocenters. The van der Waals surface area contributed by atoms with Crippen LogP contribution >= 0.6 is 0 Å². The number of nitrogens with one attached hydrogen (secondary N) is 1. The third-order valence-corrected chi connectivity index (χ3v) is 4.59. The summed E-state index contributed by atoms with van der Waals surface area (Å²) < 4.78 is 2.09. The average molecular weight is 305 g/mol. The predicted octanol–water partition coefficient (Wildman–Crippen LogP) is 1.84. The first-order chi connectivity index (χ1) is 10.4. The van der Waals surface area contributed by atoms with Gasteiger partial charge in [0.1, 0.15) is 0 Å². The summed E-state index contributed by atoms with van der Waals surface area (Å²) in [7, 11) is 2.01. The SMILES string of the molecule is Cc1ccc(CNC(=O)C2CCN(C(=O)C(C)C)CC2)n1C. The van der Waals surface area contributed by atoms with Crippen LogP contribution in [0.15, 0.2) is 12.1 Å². The Morgan fingerprint density at radius 1 is 1.27 bits per heavy atom. The number of aromatic nitrogens is 1. The van der Waals surface area contributed by atoms with Crippen molar-refractivity contribution in [2.24, 2.45) is 18.9 Å². The minimum atomic E-state index is 0.0255. The molecule has 0 saturated carbocycles. The molecule has 2 heterocycles. The molecule has 0 aromatic carbocycles. The normalized spacial score (nSPS) is 16.1. The van der Waals surface area contributed by atoms with Gasteiger partial charge in [-0.2, -0.15) is 0 Å². The molecule has 22 heavy (non-hydrogen) atoms. The van der Waals surface area contributed by atoms with Crippen molar-refractivity contribution in [3.05, 3.63) is 23.5 Å². The largest absolute Gasteiger partial charge is 0.350 e. The van der Waals surface area contributed by atoms with Crippen LogP contribution in [0.25, 0.3) is 0 Å². The summed E-state index contributed by atoms with van der Waals surface area (Å²) in [5, 5.41) is 3.03. The van der Waals surface area contributed by atoms with Crippen LogP contribution in [0.5, 0.6) is 0 Å². The fourth-order valence-corrected chi connectivity index (χ4v) is 2.89. The van der Waals surface area contributed by atoms with E-state index in [4.69, 9.17) is 0 Å². The zero-order valence-corrected chi connectivity index (χ0v) is 14.1. The maximum absolute atomic E-state index is 12.3. The van der Waals surface area contributed by atoms with Crippen molar-refractivity contribution in [3.63, 3.8) is 0 Å². The van der Waals surface area contributed by atoms with Gasteiger partial charge in [-0.25, -0.2) is 0 Å². The first-order valence-corrected chi connectivity index (χ1v) is 8.08. The molecule has 0 spiro atoms. The van der Waals surface area contributed by atoms with E-state index in [0.717, 1.165) is 18.5 Å². The summed E-state index contributed by atoms with van der Waals surface area (Å²) in [4.78, 5) is 26.1. The average Bonchev–Trinajstić information content (AvgIpc) is 2.83. The van der Waals surface area contributed by atoms with Gasteiger partial charge in [0.2, 0.25) is 11.8 Å². The Hall–Kier alpha value is -1.78. The number of likely N-dealkylation sites (tertiary alicyclic amines) is 1. The van der Waals surface area contributed by atoms with Crippen molar-refractivity contribution in [1.82, 2.24) is 14.8 Å². The van der Waals surface area contributed by atoms with E-state index in [1.807, 2.05) is 38.8 Å². The molecular formula is C17H27N3O2. The van der Waals surface area contributed by atoms with Crippen molar-refractivity contribution in [2.45, 2.75) is 40.2 Å². The van der Waals surface area contributed by atoms with Gasteiger partial charge in [0, 0.05) is 43.4 Å². The van der Waals surface area contributed by atoms with Crippen LogP contribution in [0.4, 0.5) is 0 Å². The van der Waals surface area contributed by atoms with E-state index in [0.29, 0.717) is 19.6 Å². The highest BCUT2D eigenvalue weighted by atomic mass is 16.2. The lowest BCUT2D eigenvalue weighted by molar-refractivity contribution is -0.138. The third kappa shape index (κ3) is 3.70. The van der Waals surface area contributed by atoms with Crippen LogP contribution in [-0.2, 0) is 23.2 Å². The Balaban J connectivity index is 1.80. The van der Waals surface area contributed by atoms with Gasteiger partial charge in [0.05, 0.1) is 6.54 Å². The molecule has 0 radical (unpaired) electrons.